The van der Waals surface area contributed by atoms with E-state index in [1.54, 1.807) is 0 Å². The van der Waals surface area contributed by atoms with Crippen LogP contribution in [0.1, 0.15) is 37.4 Å². The largest absolute Gasteiger partial charge is 0.487 e. The van der Waals surface area contributed by atoms with Crippen LogP contribution in [0.25, 0.3) is 0 Å². The molecule has 1 saturated carbocycles. The van der Waals surface area contributed by atoms with Gasteiger partial charge < -0.3 is 10.5 Å². The molecule has 1 heterocycles. The number of benzene rings is 1. The van der Waals surface area contributed by atoms with Crippen molar-refractivity contribution in [2.45, 2.75) is 38.3 Å². The molecule has 1 aliphatic carbocycles. The number of hydrogen-bond acceptors (Lipinski definition) is 3. The maximum Gasteiger partial charge on any atom is 0.132 e. The Labute approximate surface area is 113 Å². The van der Waals surface area contributed by atoms with Crippen LogP contribution in [0.3, 0.4) is 0 Å². The first-order chi connectivity index (χ1) is 9.31. The number of aromatic nitrogens is 2. The van der Waals surface area contributed by atoms with E-state index in [1.165, 1.54) is 25.7 Å². The summed E-state index contributed by atoms with van der Waals surface area (Å²) in [5.41, 5.74) is 7.40. The van der Waals surface area contributed by atoms with Crippen molar-refractivity contribution in [3.63, 3.8) is 0 Å². The Balaban J connectivity index is 1.61. The van der Waals surface area contributed by atoms with Gasteiger partial charge in [-0.3, -0.25) is 4.68 Å². The molecule has 0 spiro atoms. The van der Waals surface area contributed by atoms with Crippen molar-refractivity contribution in [3.8, 4) is 5.75 Å². The van der Waals surface area contributed by atoms with Crippen molar-refractivity contribution in [2.24, 2.45) is 0 Å². The van der Waals surface area contributed by atoms with Crippen LogP contribution in [-0.2, 0) is 6.61 Å². The lowest BCUT2D eigenvalue weighted by Gasteiger charge is -2.09. The fourth-order valence-corrected chi connectivity index (χ4v) is 2.59. The molecule has 2 N–H and O–H groups in total. The van der Waals surface area contributed by atoms with Gasteiger partial charge in [-0.05, 0) is 31.0 Å². The van der Waals surface area contributed by atoms with Gasteiger partial charge in [-0.1, -0.05) is 18.9 Å². The van der Waals surface area contributed by atoms with Crippen LogP contribution >= 0.6 is 0 Å². The van der Waals surface area contributed by atoms with Gasteiger partial charge in [0.25, 0.3) is 0 Å². The minimum absolute atomic E-state index is 0.489. The highest BCUT2D eigenvalue weighted by atomic mass is 16.5. The molecule has 0 aliphatic heterocycles. The van der Waals surface area contributed by atoms with Gasteiger partial charge in [0.05, 0.1) is 11.7 Å². The highest BCUT2D eigenvalue weighted by molar-refractivity contribution is 5.43. The van der Waals surface area contributed by atoms with Crippen LogP contribution < -0.4 is 10.5 Å². The summed E-state index contributed by atoms with van der Waals surface area (Å²) >= 11 is 0. The normalized spacial score (nSPS) is 15.8. The van der Waals surface area contributed by atoms with E-state index in [-0.39, 0.29) is 0 Å². The summed E-state index contributed by atoms with van der Waals surface area (Å²) in [6.45, 7) is 0.489. The van der Waals surface area contributed by atoms with Crippen molar-refractivity contribution in [1.82, 2.24) is 9.78 Å². The first kappa shape index (κ1) is 12.1. The molecule has 1 aromatic carbocycles. The lowest BCUT2D eigenvalue weighted by molar-refractivity contribution is 0.298. The van der Waals surface area contributed by atoms with Gasteiger partial charge in [-0.25, -0.2) is 0 Å². The maximum absolute atomic E-state index is 5.71. The molecule has 1 fully saturated rings. The van der Waals surface area contributed by atoms with Gasteiger partial charge in [0.1, 0.15) is 12.4 Å². The van der Waals surface area contributed by atoms with Crippen LogP contribution in [0.2, 0.25) is 0 Å². The summed E-state index contributed by atoms with van der Waals surface area (Å²) in [4.78, 5) is 0. The Morgan fingerprint density at radius 3 is 2.89 bits per heavy atom. The van der Waals surface area contributed by atoms with Gasteiger partial charge in [0, 0.05) is 18.0 Å². The third-order valence-electron chi connectivity index (χ3n) is 3.61. The molecule has 1 aliphatic rings. The average molecular weight is 257 g/mol. The molecule has 0 radical (unpaired) electrons. The average Bonchev–Trinajstić information content (AvgIpc) is 3.07. The molecular formula is C15H19N3O. The minimum atomic E-state index is 0.489. The molecule has 0 atom stereocenters. The van der Waals surface area contributed by atoms with E-state index in [2.05, 4.69) is 16.0 Å². The standard InChI is InChI=1S/C15H19N3O/c16-12-4-3-7-15(10-12)19-11-13-8-9-18(17-13)14-5-1-2-6-14/h3-4,7-10,14H,1-2,5-6,11,16H2. The third-order valence-corrected chi connectivity index (χ3v) is 3.61. The summed E-state index contributed by atoms with van der Waals surface area (Å²) in [5.74, 6) is 0.787. The zero-order valence-electron chi connectivity index (χ0n) is 11.0. The van der Waals surface area contributed by atoms with Crippen LogP contribution in [0.15, 0.2) is 36.5 Å². The van der Waals surface area contributed by atoms with Crippen molar-refractivity contribution < 1.29 is 4.74 Å². The molecule has 100 valence electrons. The Hall–Kier alpha value is -1.97. The SMILES string of the molecule is Nc1cccc(OCc2ccn(C3CCCC3)n2)c1. The molecule has 1 aromatic heterocycles. The molecule has 2 aromatic rings. The molecule has 0 unspecified atom stereocenters. The summed E-state index contributed by atoms with van der Waals surface area (Å²) in [7, 11) is 0. The smallest absolute Gasteiger partial charge is 0.132 e. The number of anilines is 1. The van der Waals surface area contributed by atoms with Crippen molar-refractivity contribution in [2.75, 3.05) is 5.73 Å². The zero-order chi connectivity index (χ0) is 13.1. The van der Waals surface area contributed by atoms with Gasteiger partial charge in [-0.15, -0.1) is 0 Å². The number of ether oxygens (including phenoxy) is 1. The highest BCUT2D eigenvalue weighted by Crippen LogP contribution is 2.28. The van der Waals surface area contributed by atoms with Crippen LogP contribution in [0.5, 0.6) is 5.75 Å². The number of nitrogens with two attached hydrogens (primary N) is 1. The minimum Gasteiger partial charge on any atom is -0.487 e. The van der Waals surface area contributed by atoms with E-state index >= 15 is 0 Å². The van der Waals surface area contributed by atoms with Gasteiger partial charge in [0.2, 0.25) is 0 Å². The lowest BCUT2D eigenvalue weighted by atomic mass is 10.3. The van der Waals surface area contributed by atoms with Gasteiger partial charge >= 0.3 is 0 Å². The number of hydrogen-bond donors (Lipinski definition) is 1. The van der Waals surface area contributed by atoms with Crippen LogP contribution in [0.4, 0.5) is 5.69 Å². The van der Waals surface area contributed by atoms with Crippen molar-refractivity contribution >= 4 is 5.69 Å². The topological polar surface area (TPSA) is 53.1 Å². The van der Waals surface area contributed by atoms with Crippen LogP contribution in [0, 0.1) is 0 Å². The fraction of sp³-hybridized carbons (Fsp3) is 0.400. The van der Waals surface area contributed by atoms with E-state index in [0.29, 0.717) is 18.3 Å². The molecule has 4 nitrogen and oxygen atoms in total. The molecule has 0 bridgehead atoms. The predicted molar refractivity (Wildman–Crippen MR) is 74.9 cm³/mol. The van der Waals surface area contributed by atoms with E-state index in [4.69, 9.17) is 10.5 Å². The monoisotopic (exact) mass is 257 g/mol. The summed E-state index contributed by atoms with van der Waals surface area (Å²) in [5, 5.41) is 4.59. The molecule has 3 rings (SSSR count). The predicted octanol–water partition coefficient (Wildman–Crippen LogP) is 3.16. The zero-order valence-corrected chi connectivity index (χ0v) is 11.0. The first-order valence-corrected chi connectivity index (χ1v) is 6.83. The van der Waals surface area contributed by atoms with Gasteiger partial charge in [-0.2, -0.15) is 5.10 Å². The second-order valence-corrected chi connectivity index (χ2v) is 5.09. The summed E-state index contributed by atoms with van der Waals surface area (Å²) < 4.78 is 7.78. The first-order valence-electron chi connectivity index (χ1n) is 6.83. The molecule has 4 heteroatoms. The van der Waals surface area contributed by atoms with E-state index in [0.717, 1.165) is 11.4 Å². The third kappa shape index (κ3) is 2.89. The lowest BCUT2D eigenvalue weighted by Crippen LogP contribution is -2.06. The molecule has 0 saturated heterocycles. The van der Waals surface area contributed by atoms with Crippen LogP contribution in [-0.4, -0.2) is 9.78 Å². The molecule has 19 heavy (non-hydrogen) atoms. The highest BCUT2D eigenvalue weighted by Gasteiger charge is 2.17. The second kappa shape index (κ2) is 5.34. The number of rotatable bonds is 4. The Morgan fingerprint density at radius 2 is 2.11 bits per heavy atom. The second-order valence-electron chi connectivity index (χ2n) is 5.09. The van der Waals surface area contributed by atoms with Gasteiger partial charge in [0.15, 0.2) is 0 Å². The van der Waals surface area contributed by atoms with E-state index in [9.17, 15) is 0 Å². The number of nitrogen functional groups attached to an aromatic ring is 1. The molecular weight excluding hydrogens is 238 g/mol. The van der Waals surface area contributed by atoms with E-state index < -0.39 is 0 Å². The summed E-state index contributed by atoms with van der Waals surface area (Å²) in [6.07, 6.45) is 7.20. The Kier molecular flexibility index (Phi) is 3.40. The Morgan fingerprint density at radius 1 is 1.26 bits per heavy atom. The van der Waals surface area contributed by atoms with Crippen molar-refractivity contribution in [1.29, 1.82) is 0 Å². The summed E-state index contributed by atoms with van der Waals surface area (Å²) in [6, 6.07) is 10.1. The fourth-order valence-electron chi connectivity index (χ4n) is 2.59. The number of nitrogens with zero attached hydrogens (tertiary/aromatic N) is 2. The van der Waals surface area contributed by atoms with Crippen molar-refractivity contribution in [3.05, 3.63) is 42.2 Å². The Bertz CT molecular complexity index is 544. The van der Waals surface area contributed by atoms with E-state index in [1.807, 2.05) is 30.3 Å². The molecule has 0 amide bonds. The quantitative estimate of drug-likeness (QED) is 0.856. The maximum atomic E-state index is 5.71.